The highest BCUT2D eigenvalue weighted by atomic mass is 16.6. The van der Waals surface area contributed by atoms with Crippen LogP contribution in [0.2, 0.25) is 0 Å². The van der Waals surface area contributed by atoms with Crippen LogP contribution in [0.4, 0.5) is 4.79 Å². The Balaban J connectivity index is 1.58. The summed E-state index contributed by atoms with van der Waals surface area (Å²) in [7, 11) is 0. The zero-order chi connectivity index (χ0) is 23.8. The van der Waals surface area contributed by atoms with Crippen molar-refractivity contribution in [3.8, 4) is 0 Å². The number of amides is 2. The number of carbonyl (C=O) groups excluding carboxylic acids is 3. The van der Waals surface area contributed by atoms with Gasteiger partial charge in [-0.05, 0) is 52.0 Å². The third kappa shape index (κ3) is 7.76. The number of carbonyl (C=O) groups is 3. The lowest BCUT2D eigenvalue weighted by Crippen LogP contribution is -2.53. The number of benzene rings is 1. The second-order valence-electron chi connectivity index (χ2n) is 10.2. The second-order valence-corrected chi connectivity index (χ2v) is 10.2. The molecule has 0 radical (unpaired) electrons. The van der Waals surface area contributed by atoms with Gasteiger partial charge in [-0.15, -0.1) is 0 Å². The zero-order valence-corrected chi connectivity index (χ0v) is 20.1. The van der Waals surface area contributed by atoms with Crippen LogP contribution in [-0.4, -0.2) is 35.7 Å². The third-order valence-electron chi connectivity index (χ3n) is 6.43. The predicted octanol–water partition coefficient (Wildman–Crippen LogP) is 4.49. The van der Waals surface area contributed by atoms with Gasteiger partial charge in [0.1, 0.15) is 12.2 Å². The van der Waals surface area contributed by atoms with Crippen LogP contribution in [0.5, 0.6) is 0 Å². The maximum Gasteiger partial charge on any atom is 0.407 e. The lowest BCUT2D eigenvalue weighted by atomic mass is 9.81. The largest absolute Gasteiger partial charge is 0.461 e. The van der Waals surface area contributed by atoms with Gasteiger partial charge in [0, 0.05) is 12.1 Å². The maximum absolute atomic E-state index is 13.2. The summed E-state index contributed by atoms with van der Waals surface area (Å²) in [6.07, 6.45) is 6.25. The molecular formula is C26H38N2O5. The molecule has 0 bridgehead atoms. The van der Waals surface area contributed by atoms with Crippen molar-refractivity contribution in [1.29, 1.82) is 0 Å². The quantitative estimate of drug-likeness (QED) is 0.613. The summed E-state index contributed by atoms with van der Waals surface area (Å²) in [6, 6.07) is 9.10. The number of nitrogens with one attached hydrogen (secondary N) is 2. The lowest BCUT2D eigenvalue weighted by Gasteiger charge is -2.35. The summed E-state index contributed by atoms with van der Waals surface area (Å²) in [5.41, 5.74) is 0.354. The van der Waals surface area contributed by atoms with E-state index in [0.717, 1.165) is 44.1 Å². The molecule has 3 rings (SSSR count). The van der Waals surface area contributed by atoms with Crippen molar-refractivity contribution < 1.29 is 23.9 Å². The van der Waals surface area contributed by atoms with Crippen LogP contribution >= 0.6 is 0 Å². The van der Waals surface area contributed by atoms with Crippen molar-refractivity contribution in [1.82, 2.24) is 10.6 Å². The third-order valence-corrected chi connectivity index (χ3v) is 6.43. The Morgan fingerprint density at radius 1 is 0.848 bits per heavy atom. The van der Waals surface area contributed by atoms with Crippen LogP contribution in [0.3, 0.4) is 0 Å². The molecule has 7 nitrogen and oxygen atoms in total. The van der Waals surface area contributed by atoms with Crippen molar-refractivity contribution >= 4 is 18.0 Å². The second kappa shape index (κ2) is 11.5. The van der Waals surface area contributed by atoms with E-state index in [2.05, 4.69) is 10.6 Å². The Kier molecular flexibility index (Phi) is 8.75. The topological polar surface area (TPSA) is 93.7 Å². The van der Waals surface area contributed by atoms with Crippen LogP contribution in [-0.2, 0) is 25.7 Å². The van der Waals surface area contributed by atoms with Crippen molar-refractivity contribution in [3.05, 3.63) is 35.9 Å². The number of ether oxygens (including phenoxy) is 2. The van der Waals surface area contributed by atoms with Gasteiger partial charge >= 0.3 is 12.1 Å². The zero-order valence-electron chi connectivity index (χ0n) is 20.1. The monoisotopic (exact) mass is 458 g/mol. The smallest absolute Gasteiger partial charge is 0.407 e. The molecular weight excluding hydrogens is 420 g/mol. The molecule has 0 heterocycles. The summed E-state index contributed by atoms with van der Waals surface area (Å²) in [4.78, 5) is 38.4. The van der Waals surface area contributed by atoms with Crippen molar-refractivity contribution in [2.45, 2.75) is 96.4 Å². The molecule has 1 aromatic carbocycles. The average Bonchev–Trinajstić information content (AvgIpc) is 2.77. The lowest BCUT2D eigenvalue weighted by molar-refractivity contribution is -0.152. The minimum Gasteiger partial charge on any atom is -0.461 e. The summed E-state index contributed by atoms with van der Waals surface area (Å²) >= 11 is 0. The predicted molar refractivity (Wildman–Crippen MR) is 125 cm³/mol. The highest BCUT2D eigenvalue weighted by Gasteiger charge is 2.38. The SMILES string of the molecule is CC(C)(C)OC(=O)N[C@H]1CCCC[C@@H]1C(=O)N[C@H]1CCCC[C@@H]1C(=O)OCc1ccccc1. The molecule has 0 spiro atoms. The summed E-state index contributed by atoms with van der Waals surface area (Å²) in [6.45, 7) is 5.69. The van der Waals surface area contributed by atoms with E-state index in [0.29, 0.717) is 12.8 Å². The number of hydrogen-bond acceptors (Lipinski definition) is 5. The van der Waals surface area contributed by atoms with Crippen molar-refractivity contribution in [3.63, 3.8) is 0 Å². The number of rotatable bonds is 6. The van der Waals surface area contributed by atoms with Gasteiger partial charge in [0.2, 0.25) is 5.91 Å². The van der Waals surface area contributed by atoms with Gasteiger partial charge in [-0.25, -0.2) is 4.79 Å². The molecule has 33 heavy (non-hydrogen) atoms. The van der Waals surface area contributed by atoms with Gasteiger partial charge in [-0.2, -0.15) is 0 Å². The standard InChI is InChI=1S/C26H38N2O5/c1-26(2,3)33-25(31)28-21-15-9-7-13-19(21)23(29)27-22-16-10-8-14-20(22)24(30)32-17-18-11-5-4-6-12-18/h4-6,11-12,19-22H,7-10,13-17H2,1-3H3,(H,27,29)(H,28,31)/t19-,20-,21-,22-/m0/s1. The Labute approximate surface area is 197 Å². The van der Waals surface area contributed by atoms with Gasteiger partial charge < -0.3 is 20.1 Å². The van der Waals surface area contributed by atoms with Crippen LogP contribution in [0, 0.1) is 11.8 Å². The van der Waals surface area contributed by atoms with Crippen LogP contribution in [0.25, 0.3) is 0 Å². The minimum atomic E-state index is -0.591. The van der Waals surface area contributed by atoms with Crippen LogP contribution in [0.1, 0.15) is 77.7 Å². The molecule has 0 aromatic heterocycles. The fraction of sp³-hybridized carbons (Fsp3) is 0.654. The minimum absolute atomic E-state index is 0.0940. The van der Waals surface area contributed by atoms with Gasteiger partial charge in [-0.3, -0.25) is 9.59 Å². The molecule has 2 amide bonds. The van der Waals surface area contributed by atoms with Gasteiger partial charge in [0.05, 0.1) is 11.8 Å². The Bertz CT molecular complexity index is 805. The first-order valence-electron chi connectivity index (χ1n) is 12.2. The highest BCUT2D eigenvalue weighted by molar-refractivity contribution is 5.82. The molecule has 0 unspecified atom stereocenters. The Hall–Kier alpha value is -2.57. The molecule has 0 saturated heterocycles. The number of hydrogen-bond donors (Lipinski definition) is 2. The number of esters is 1. The number of alkyl carbamates (subject to hydrolysis) is 1. The molecule has 1 aromatic rings. The molecule has 2 aliphatic rings. The van der Waals surface area contributed by atoms with Crippen molar-refractivity contribution in [2.75, 3.05) is 0 Å². The first kappa shape index (κ1) is 25.1. The molecule has 182 valence electrons. The normalized spacial score (nSPS) is 25.5. The van der Waals surface area contributed by atoms with Crippen molar-refractivity contribution in [2.24, 2.45) is 11.8 Å². The summed E-state index contributed by atoms with van der Waals surface area (Å²) in [5.74, 6) is -1.01. The van der Waals surface area contributed by atoms with Crippen LogP contribution in [0.15, 0.2) is 30.3 Å². The first-order valence-corrected chi connectivity index (χ1v) is 12.2. The Morgan fingerprint density at radius 2 is 1.42 bits per heavy atom. The average molecular weight is 459 g/mol. The van der Waals surface area contributed by atoms with Gasteiger partial charge in [0.15, 0.2) is 0 Å². The first-order chi connectivity index (χ1) is 15.7. The van der Waals surface area contributed by atoms with E-state index in [1.165, 1.54) is 0 Å². The summed E-state index contributed by atoms with van der Waals surface area (Å²) in [5, 5.41) is 6.04. The van der Waals surface area contributed by atoms with E-state index in [1.54, 1.807) is 0 Å². The van der Waals surface area contributed by atoms with E-state index in [9.17, 15) is 14.4 Å². The fourth-order valence-corrected chi connectivity index (χ4v) is 4.79. The summed E-state index contributed by atoms with van der Waals surface area (Å²) < 4.78 is 11.0. The van der Waals surface area contributed by atoms with E-state index in [-0.39, 0.29) is 42.4 Å². The highest BCUT2D eigenvalue weighted by Crippen LogP contribution is 2.29. The molecule has 4 atom stereocenters. The molecule has 2 saturated carbocycles. The van der Waals surface area contributed by atoms with Gasteiger partial charge in [0.25, 0.3) is 0 Å². The van der Waals surface area contributed by atoms with E-state index in [1.807, 2.05) is 51.1 Å². The van der Waals surface area contributed by atoms with E-state index >= 15 is 0 Å². The molecule has 2 fully saturated rings. The molecule has 2 aliphatic carbocycles. The fourth-order valence-electron chi connectivity index (χ4n) is 4.79. The maximum atomic E-state index is 13.2. The Morgan fingerprint density at radius 3 is 2.06 bits per heavy atom. The molecule has 2 N–H and O–H groups in total. The van der Waals surface area contributed by atoms with E-state index in [4.69, 9.17) is 9.47 Å². The van der Waals surface area contributed by atoms with Gasteiger partial charge in [-0.1, -0.05) is 56.0 Å². The molecule has 7 heteroatoms. The van der Waals surface area contributed by atoms with Crippen LogP contribution < -0.4 is 10.6 Å². The molecule has 0 aliphatic heterocycles. The van der Waals surface area contributed by atoms with E-state index < -0.39 is 11.7 Å².